The Morgan fingerprint density at radius 2 is 1.84 bits per heavy atom. The number of benzene rings is 2. The van der Waals surface area contributed by atoms with Crippen molar-refractivity contribution >= 4 is 33.8 Å². The summed E-state index contributed by atoms with van der Waals surface area (Å²) in [5, 5.41) is 2.94. The van der Waals surface area contributed by atoms with Gasteiger partial charge in [-0.15, -0.1) is 0 Å². The maximum Gasteiger partial charge on any atom is 0.286 e. The standard InChI is InChI=1S/C20H18N2O2S/c23-19-18(25-20(24)21-19)13-15-7-4-8-17-16(15)10-12-22(17)11-9-14-5-2-1-3-6-14/h1-8,10,12,18H,9,11,13H2,(H,21,23,24). The highest BCUT2D eigenvalue weighted by Gasteiger charge is 2.31. The highest BCUT2D eigenvalue weighted by atomic mass is 32.2. The highest BCUT2D eigenvalue weighted by molar-refractivity contribution is 8.15. The normalized spacial score (nSPS) is 17.2. The van der Waals surface area contributed by atoms with E-state index in [0.717, 1.165) is 35.7 Å². The van der Waals surface area contributed by atoms with Gasteiger partial charge in [0.15, 0.2) is 0 Å². The van der Waals surface area contributed by atoms with E-state index in [9.17, 15) is 9.59 Å². The lowest BCUT2D eigenvalue weighted by Gasteiger charge is -2.09. The molecule has 2 amide bonds. The molecule has 0 radical (unpaired) electrons. The first kappa shape index (κ1) is 16.0. The number of carbonyl (C=O) groups excluding carboxylic acids is 2. The molecule has 4 nitrogen and oxygen atoms in total. The Hall–Kier alpha value is -2.53. The van der Waals surface area contributed by atoms with E-state index in [4.69, 9.17) is 0 Å². The van der Waals surface area contributed by atoms with Crippen molar-refractivity contribution < 1.29 is 9.59 Å². The summed E-state index contributed by atoms with van der Waals surface area (Å²) in [6, 6.07) is 18.7. The van der Waals surface area contributed by atoms with Crippen LogP contribution < -0.4 is 5.32 Å². The second-order valence-electron chi connectivity index (χ2n) is 6.18. The number of rotatable bonds is 5. The fourth-order valence-electron chi connectivity index (χ4n) is 3.28. The zero-order valence-corrected chi connectivity index (χ0v) is 14.5. The van der Waals surface area contributed by atoms with Crippen molar-refractivity contribution in [3.63, 3.8) is 0 Å². The summed E-state index contributed by atoms with van der Waals surface area (Å²) in [4.78, 5) is 23.2. The lowest BCUT2D eigenvalue weighted by Crippen LogP contribution is -2.25. The second-order valence-corrected chi connectivity index (χ2v) is 7.36. The first-order chi connectivity index (χ1) is 12.2. The average Bonchev–Trinajstić information content (AvgIpc) is 3.17. The number of nitrogens with one attached hydrogen (secondary N) is 1. The molecule has 3 aromatic rings. The predicted molar refractivity (Wildman–Crippen MR) is 101 cm³/mol. The molecule has 0 spiro atoms. The topological polar surface area (TPSA) is 51.1 Å². The summed E-state index contributed by atoms with van der Waals surface area (Å²) in [5.41, 5.74) is 3.60. The van der Waals surface area contributed by atoms with E-state index in [2.05, 4.69) is 52.5 Å². The van der Waals surface area contributed by atoms with Crippen LogP contribution in [0, 0.1) is 0 Å². The molecule has 1 aliphatic heterocycles. The first-order valence-electron chi connectivity index (χ1n) is 8.33. The predicted octanol–water partition coefficient (Wildman–Crippen LogP) is 3.78. The van der Waals surface area contributed by atoms with Crippen molar-refractivity contribution in [2.24, 2.45) is 0 Å². The number of hydrogen-bond donors (Lipinski definition) is 1. The SMILES string of the molecule is O=C1NC(=O)C(Cc2cccc3c2ccn3CCc2ccccc2)S1. The van der Waals surface area contributed by atoms with E-state index in [0.29, 0.717) is 6.42 Å². The van der Waals surface area contributed by atoms with Gasteiger partial charge in [0.25, 0.3) is 5.24 Å². The number of aryl methyl sites for hydroxylation is 2. The molecule has 0 aliphatic carbocycles. The molecule has 1 fully saturated rings. The third-order valence-corrected chi connectivity index (χ3v) is 5.54. The van der Waals surface area contributed by atoms with Gasteiger partial charge in [-0.3, -0.25) is 14.9 Å². The third kappa shape index (κ3) is 3.33. The van der Waals surface area contributed by atoms with Crippen LogP contribution in [0.4, 0.5) is 4.79 Å². The fraction of sp³-hybridized carbons (Fsp3) is 0.200. The van der Waals surface area contributed by atoms with Gasteiger partial charge in [-0.25, -0.2) is 0 Å². The number of aromatic nitrogens is 1. The summed E-state index contributed by atoms with van der Waals surface area (Å²) in [5.74, 6) is -0.185. The number of amides is 2. The lowest BCUT2D eigenvalue weighted by molar-refractivity contribution is -0.118. The summed E-state index contributed by atoms with van der Waals surface area (Å²) >= 11 is 1.09. The molecule has 1 N–H and O–H groups in total. The number of hydrogen-bond acceptors (Lipinski definition) is 3. The van der Waals surface area contributed by atoms with Gasteiger partial charge in [0.05, 0.1) is 5.25 Å². The van der Waals surface area contributed by atoms with Gasteiger partial charge in [0.1, 0.15) is 0 Å². The molecule has 1 atom stereocenters. The van der Waals surface area contributed by atoms with Crippen molar-refractivity contribution in [2.45, 2.75) is 24.6 Å². The second kappa shape index (κ2) is 6.76. The van der Waals surface area contributed by atoms with E-state index in [1.165, 1.54) is 11.1 Å². The van der Waals surface area contributed by atoms with Gasteiger partial charge < -0.3 is 4.57 Å². The summed E-state index contributed by atoms with van der Waals surface area (Å²) in [7, 11) is 0. The fourth-order valence-corrected chi connectivity index (χ4v) is 4.13. The van der Waals surface area contributed by atoms with Gasteiger partial charge in [-0.05, 0) is 36.1 Å². The summed E-state index contributed by atoms with van der Waals surface area (Å²) in [6.07, 6.45) is 3.65. The number of thioether (sulfide) groups is 1. The van der Waals surface area contributed by atoms with Crippen molar-refractivity contribution in [3.8, 4) is 0 Å². The lowest BCUT2D eigenvalue weighted by atomic mass is 10.0. The minimum Gasteiger partial charge on any atom is -0.347 e. The van der Waals surface area contributed by atoms with E-state index >= 15 is 0 Å². The molecule has 5 heteroatoms. The molecule has 0 bridgehead atoms. The van der Waals surface area contributed by atoms with Gasteiger partial charge in [-0.2, -0.15) is 0 Å². The minimum atomic E-state index is -0.328. The van der Waals surface area contributed by atoms with Gasteiger partial charge in [0.2, 0.25) is 5.91 Å². The molecule has 2 aromatic carbocycles. The van der Waals surface area contributed by atoms with E-state index < -0.39 is 0 Å². The van der Waals surface area contributed by atoms with E-state index in [-0.39, 0.29) is 16.4 Å². The first-order valence-corrected chi connectivity index (χ1v) is 9.21. The van der Waals surface area contributed by atoms with Crippen LogP contribution in [-0.2, 0) is 24.2 Å². The van der Waals surface area contributed by atoms with Gasteiger partial charge >= 0.3 is 0 Å². The Balaban J connectivity index is 1.55. The molecule has 25 heavy (non-hydrogen) atoms. The Bertz CT molecular complexity index is 933. The molecule has 1 aromatic heterocycles. The molecule has 1 unspecified atom stereocenters. The zero-order chi connectivity index (χ0) is 17.2. The summed E-state index contributed by atoms with van der Waals surface area (Å²) < 4.78 is 2.25. The van der Waals surface area contributed by atoms with Crippen LogP contribution in [0.25, 0.3) is 10.9 Å². The quantitative estimate of drug-likeness (QED) is 0.762. The maximum absolute atomic E-state index is 11.8. The minimum absolute atomic E-state index is 0.185. The molecule has 0 saturated carbocycles. The van der Waals surface area contributed by atoms with Crippen molar-refractivity contribution in [1.29, 1.82) is 0 Å². The number of nitrogens with zero attached hydrogens (tertiary/aromatic N) is 1. The van der Waals surface area contributed by atoms with Crippen LogP contribution in [0.1, 0.15) is 11.1 Å². The van der Waals surface area contributed by atoms with Crippen molar-refractivity contribution in [2.75, 3.05) is 0 Å². The Morgan fingerprint density at radius 1 is 1.00 bits per heavy atom. The van der Waals surface area contributed by atoms with Crippen LogP contribution in [-0.4, -0.2) is 21.0 Å². The Labute approximate surface area is 150 Å². The highest BCUT2D eigenvalue weighted by Crippen LogP contribution is 2.27. The molecule has 2 heterocycles. The summed E-state index contributed by atoms with van der Waals surface area (Å²) in [6.45, 7) is 0.911. The Morgan fingerprint density at radius 3 is 2.60 bits per heavy atom. The number of imide groups is 1. The monoisotopic (exact) mass is 350 g/mol. The zero-order valence-electron chi connectivity index (χ0n) is 13.6. The number of fused-ring (bicyclic) bond motifs is 1. The average molecular weight is 350 g/mol. The van der Waals surface area contributed by atoms with Crippen LogP contribution in [0.3, 0.4) is 0 Å². The van der Waals surface area contributed by atoms with Gasteiger partial charge in [0, 0.05) is 23.6 Å². The molecular weight excluding hydrogens is 332 g/mol. The molecule has 1 saturated heterocycles. The van der Waals surface area contributed by atoms with Crippen molar-refractivity contribution in [1.82, 2.24) is 9.88 Å². The molecule has 126 valence electrons. The van der Waals surface area contributed by atoms with Crippen molar-refractivity contribution in [3.05, 3.63) is 71.9 Å². The van der Waals surface area contributed by atoms with Crippen LogP contribution in [0.15, 0.2) is 60.8 Å². The third-order valence-electron chi connectivity index (χ3n) is 4.56. The maximum atomic E-state index is 11.8. The van der Waals surface area contributed by atoms with Crippen LogP contribution >= 0.6 is 11.8 Å². The van der Waals surface area contributed by atoms with Crippen LogP contribution in [0.2, 0.25) is 0 Å². The number of carbonyl (C=O) groups is 2. The largest absolute Gasteiger partial charge is 0.347 e. The Kier molecular flexibility index (Phi) is 4.32. The van der Waals surface area contributed by atoms with E-state index in [1.807, 2.05) is 18.2 Å². The molecule has 4 rings (SSSR count). The van der Waals surface area contributed by atoms with E-state index in [1.54, 1.807) is 0 Å². The van der Waals surface area contributed by atoms with Crippen LogP contribution in [0.5, 0.6) is 0 Å². The molecular formula is C20H18N2O2S. The molecule has 1 aliphatic rings. The smallest absolute Gasteiger partial charge is 0.286 e. The van der Waals surface area contributed by atoms with Gasteiger partial charge in [-0.1, -0.05) is 54.2 Å².